The summed E-state index contributed by atoms with van der Waals surface area (Å²) in [7, 11) is 0. The molecule has 0 amide bonds. The van der Waals surface area contributed by atoms with Crippen LogP contribution >= 0.6 is 0 Å². The topological polar surface area (TPSA) is 32.7 Å². The van der Waals surface area contributed by atoms with Crippen molar-refractivity contribution in [3.05, 3.63) is 30.1 Å². The molecule has 1 saturated heterocycles. The minimum absolute atomic E-state index is 0.184. The summed E-state index contributed by atoms with van der Waals surface area (Å²) in [5, 5.41) is 9.79. The molecule has 0 aromatic heterocycles. The lowest BCUT2D eigenvalue weighted by Crippen LogP contribution is -2.45. The van der Waals surface area contributed by atoms with Crippen molar-refractivity contribution in [3.8, 4) is 5.75 Å². The van der Waals surface area contributed by atoms with Gasteiger partial charge in [0.05, 0.1) is 5.60 Å². The standard InChI is InChI=1S/C15H22FNO2/c1-15(2,18)11-17-9-7-14(8-10-17)19-13-5-3-12(16)4-6-13/h3-6,14,18H,7-11H2,1-2H3. The highest BCUT2D eigenvalue weighted by Gasteiger charge is 2.24. The third-order valence-electron chi connectivity index (χ3n) is 3.26. The molecule has 2 rings (SSSR count). The maximum atomic E-state index is 12.8. The molecule has 1 heterocycles. The third kappa shape index (κ3) is 4.80. The first-order valence-electron chi connectivity index (χ1n) is 6.79. The van der Waals surface area contributed by atoms with E-state index in [9.17, 15) is 9.50 Å². The zero-order valence-electron chi connectivity index (χ0n) is 11.6. The third-order valence-corrected chi connectivity index (χ3v) is 3.26. The van der Waals surface area contributed by atoms with Crippen molar-refractivity contribution in [3.63, 3.8) is 0 Å². The van der Waals surface area contributed by atoms with Crippen LogP contribution in [0.4, 0.5) is 4.39 Å². The lowest BCUT2D eigenvalue weighted by Gasteiger charge is -2.35. The van der Waals surface area contributed by atoms with Crippen molar-refractivity contribution in [1.29, 1.82) is 0 Å². The van der Waals surface area contributed by atoms with Crippen LogP contribution in [0.15, 0.2) is 24.3 Å². The quantitative estimate of drug-likeness (QED) is 0.909. The van der Waals surface area contributed by atoms with E-state index in [1.165, 1.54) is 12.1 Å². The predicted molar refractivity (Wildman–Crippen MR) is 72.8 cm³/mol. The van der Waals surface area contributed by atoms with Gasteiger partial charge in [-0.2, -0.15) is 0 Å². The molecule has 1 aromatic carbocycles. The molecule has 0 atom stereocenters. The van der Waals surface area contributed by atoms with E-state index in [0.29, 0.717) is 6.54 Å². The molecule has 1 fully saturated rings. The molecular weight excluding hydrogens is 245 g/mol. The van der Waals surface area contributed by atoms with Crippen LogP contribution in [0.5, 0.6) is 5.75 Å². The molecule has 0 unspecified atom stereocenters. The van der Waals surface area contributed by atoms with Gasteiger partial charge in [0.15, 0.2) is 0 Å². The van der Waals surface area contributed by atoms with Crippen LogP contribution < -0.4 is 4.74 Å². The maximum absolute atomic E-state index is 12.8. The summed E-state index contributed by atoms with van der Waals surface area (Å²) in [6.45, 7) is 6.20. The lowest BCUT2D eigenvalue weighted by atomic mass is 10.0. The highest BCUT2D eigenvalue weighted by Crippen LogP contribution is 2.20. The van der Waals surface area contributed by atoms with Gasteiger partial charge in [-0.3, -0.25) is 0 Å². The van der Waals surface area contributed by atoms with Crippen LogP contribution in [0.1, 0.15) is 26.7 Å². The van der Waals surface area contributed by atoms with Crippen LogP contribution in [0.2, 0.25) is 0 Å². The number of likely N-dealkylation sites (tertiary alicyclic amines) is 1. The molecule has 0 bridgehead atoms. The van der Waals surface area contributed by atoms with Crippen LogP contribution in [-0.2, 0) is 0 Å². The number of nitrogens with zero attached hydrogens (tertiary/aromatic N) is 1. The number of hydrogen-bond donors (Lipinski definition) is 1. The van der Waals surface area contributed by atoms with Crippen molar-refractivity contribution >= 4 is 0 Å². The van der Waals surface area contributed by atoms with E-state index in [-0.39, 0.29) is 11.9 Å². The molecule has 1 aliphatic heterocycles. The Kier molecular flexibility index (Phi) is 4.42. The van der Waals surface area contributed by atoms with Gasteiger partial charge in [0.1, 0.15) is 17.7 Å². The summed E-state index contributed by atoms with van der Waals surface area (Å²) in [5.74, 6) is 0.481. The van der Waals surface area contributed by atoms with Crippen molar-refractivity contribution in [1.82, 2.24) is 4.90 Å². The average molecular weight is 267 g/mol. The van der Waals surface area contributed by atoms with Crippen molar-refractivity contribution < 1.29 is 14.2 Å². The van der Waals surface area contributed by atoms with Gasteiger partial charge >= 0.3 is 0 Å². The second kappa shape index (κ2) is 5.88. The molecule has 0 aliphatic carbocycles. The molecule has 1 aliphatic rings. The molecule has 4 heteroatoms. The second-order valence-electron chi connectivity index (χ2n) is 5.86. The summed E-state index contributed by atoms with van der Waals surface area (Å²) >= 11 is 0. The van der Waals surface area contributed by atoms with E-state index in [2.05, 4.69) is 4.90 Å². The Morgan fingerprint density at radius 2 is 1.84 bits per heavy atom. The van der Waals surface area contributed by atoms with Gasteiger partial charge in [0.25, 0.3) is 0 Å². The summed E-state index contributed by atoms with van der Waals surface area (Å²) in [6.07, 6.45) is 2.06. The van der Waals surface area contributed by atoms with Gasteiger partial charge in [0, 0.05) is 19.6 Å². The van der Waals surface area contributed by atoms with Crippen LogP contribution in [0, 0.1) is 5.82 Å². The fraction of sp³-hybridized carbons (Fsp3) is 0.600. The predicted octanol–water partition coefficient (Wildman–Crippen LogP) is 2.44. The Bertz CT molecular complexity index is 392. The number of ether oxygens (including phenoxy) is 1. The van der Waals surface area contributed by atoms with Crippen molar-refractivity contribution in [2.75, 3.05) is 19.6 Å². The Labute approximate surface area is 114 Å². The van der Waals surface area contributed by atoms with Crippen LogP contribution in [0.3, 0.4) is 0 Å². The molecule has 0 radical (unpaired) electrons. The molecule has 0 spiro atoms. The SMILES string of the molecule is CC(C)(O)CN1CCC(Oc2ccc(F)cc2)CC1. The minimum Gasteiger partial charge on any atom is -0.490 e. The normalized spacial score (nSPS) is 18.5. The first kappa shape index (κ1) is 14.3. The molecule has 19 heavy (non-hydrogen) atoms. The van der Waals surface area contributed by atoms with Crippen LogP contribution in [-0.4, -0.2) is 41.3 Å². The Balaban J connectivity index is 1.79. The number of hydrogen-bond acceptors (Lipinski definition) is 3. The smallest absolute Gasteiger partial charge is 0.123 e. The first-order valence-corrected chi connectivity index (χ1v) is 6.79. The number of rotatable bonds is 4. The van der Waals surface area contributed by atoms with E-state index in [0.717, 1.165) is 31.7 Å². The molecule has 0 saturated carbocycles. The van der Waals surface area contributed by atoms with Gasteiger partial charge in [-0.25, -0.2) is 4.39 Å². The maximum Gasteiger partial charge on any atom is 0.123 e. The van der Waals surface area contributed by atoms with Crippen molar-refractivity contribution in [2.45, 2.75) is 38.4 Å². The van der Waals surface area contributed by atoms with Gasteiger partial charge in [-0.05, 0) is 51.0 Å². The summed E-state index contributed by atoms with van der Waals surface area (Å²) in [5.41, 5.74) is -0.648. The first-order chi connectivity index (χ1) is 8.92. The van der Waals surface area contributed by atoms with E-state index in [1.807, 2.05) is 13.8 Å². The fourth-order valence-corrected chi connectivity index (χ4v) is 2.44. The average Bonchev–Trinajstić information content (AvgIpc) is 2.33. The van der Waals surface area contributed by atoms with E-state index in [4.69, 9.17) is 4.74 Å². The molecule has 3 nitrogen and oxygen atoms in total. The van der Waals surface area contributed by atoms with Crippen LogP contribution in [0.25, 0.3) is 0 Å². The zero-order valence-corrected chi connectivity index (χ0v) is 11.6. The number of piperidine rings is 1. The van der Waals surface area contributed by atoms with Gasteiger partial charge in [-0.15, -0.1) is 0 Å². The zero-order chi connectivity index (χ0) is 13.9. The second-order valence-corrected chi connectivity index (χ2v) is 5.86. The summed E-state index contributed by atoms with van der Waals surface area (Å²) < 4.78 is 18.6. The highest BCUT2D eigenvalue weighted by atomic mass is 19.1. The Morgan fingerprint density at radius 3 is 2.37 bits per heavy atom. The number of benzene rings is 1. The number of aliphatic hydroxyl groups is 1. The number of β-amino-alcohol motifs (C(OH)–C–C–N with tert-alkyl or cyclic N) is 1. The fourth-order valence-electron chi connectivity index (χ4n) is 2.44. The van der Waals surface area contributed by atoms with E-state index in [1.54, 1.807) is 12.1 Å². The molecule has 1 N–H and O–H groups in total. The largest absolute Gasteiger partial charge is 0.490 e. The summed E-state index contributed by atoms with van der Waals surface area (Å²) in [4.78, 5) is 2.25. The van der Waals surface area contributed by atoms with E-state index < -0.39 is 5.60 Å². The Hall–Kier alpha value is -1.13. The monoisotopic (exact) mass is 267 g/mol. The van der Waals surface area contributed by atoms with Gasteiger partial charge < -0.3 is 14.7 Å². The molecule has 106 valence electrons. The number of halogens is 1. The van der Waals surface area contributed by atoms with Crippen molar-refractivity contribution in [2.24, 2.45) is 0 Å². The van der Waals surface area contributed by atoms with Gasteiger partial charge in [0.2, 0.25) is 0 Å². The molecular formula is C15H22FNO2. The van der Waals surface area contributed by atoms with Gasteiger partial charge in [-0.1, -0.05) is 0 Å². The minimum atomic E-state index is -0.648. The summed E-state index contributed by atoms with van der Waals surface area (Å²) in [6, 6.07) is 6.16. The highest BCUT2D eigenvalue weighted by molar-refractivity contribution is 5.22. The Morgan fingerprint density at radius 1 is 1.26 bits per heavy atom. The lowest BCUT2D eigenvalue weighted by molar-refractivity contribution is 0.0140. The van der Waals surface area contributed by atoms with E-state index >= 15 is 0 Å². The molecule has 1 aromatic rings.